The molecule has 1 aliphatic carbocycles. The van der Waals surface area contributed by atoms with Crippen molar-refractivity contribution in [3.8, 4) is 0 Å². The van der Waals surface area contributed by atoms with Crippen molar-refractivity contribution in [2.45, 2.75) is 31.5 Å². The molecule has 0 bridgehead atoms. The summed E-state index contributed by atoms with van der Waals surface area (Å²) in [5.41, 5.74) is -0.155. The summed E-state index contributed by atoms with van der Waals surface area (Å²) in [5.74, 6) is -2.37. The summed E-state index contributed by atoms with van der Waals surface area (Å²) < 4.78 is 13.3. The first-order chi connectivity index (χ1) is 9.49. The zero-order valence-electron chi connectivity index (χ0n) is 10.6. The molecule has 2 unspecified atom stereocenters. The number of hydrogen-bond donors (Lipinski definition) is 1. The Morgan fingerprint density at radius 3 is 2.50 bits per heavy atom. The molecule has 0 saturated heterocycles. The lowest BCUT2D eigenvalue weighted by Crippen LogP contribution is -2.37. The van der Waals surface area contributed by atoms with Gasteiger partial charge in [0.25, 0.3) is 5.91 Å². The maximum atomic E-state index is 13.3. The van der Waals surface area contributed by atoms with E-state index in [-0.39, 0.29) is 24.0 Å². The molecule has 5 nitrogen and oxygen atoms in total. The van der Waals surface area contributed by atoms with Gasteiger partial charge in [0.15, 0.2) is 12.0 Å². The highest BCUT2D eigenvalue weighted by molar-refractivity contribution is 6.04. The first-order valence-corrected chi connectivity index (χ1v) is 6.23. The van der Waals surface area contributed by atoms with Gasteiger partial charge in [-0.25, -0.2) is 14.5 Å². The van der Waals surface area contributed by atoms with Gasteiger partial charge in [0.05, 0.1) is 17.2 Å². The van der Waals surface area contributed by atoms with E-state index in [1.807, 2.05) is 0 Å². The van der Waals surface area contributed by atoms with Crippen LogP contribution in [0.25, 0.3) is 0 Å². The Morgan fingerprint density at radius 2 is 1.90 bits per heavy atom. The van der Waals surface area contributed by atoms with Crippen LogP contribution in [0.15, 0.2) is 24.3 Å². The number of carbonyl (C=O) groups is 3. The van der Waals surface area contributed by atoms with Crippen LogP contribution in [-0.2, 0) is 4.79 Å². The molecule has 1 radical (unpaired) electrons. The van der Waals surface area contributed by atoms with Crippen LogP contribution in [0.3, 0.4) is 0 Å². The van der Waals surface area contributed by atoms with Crippen molar-refractivity contribution in [3.63, 3.8) is 0 Å². The van der Waals surface area contributed by atoms with Crippen LogP contribution in [0, 0.1) is 0 Å². The number of amides is 1. The van der Waals surface area contributed by atoms with Crippen LogP contribution >= 0.6 is 0 Å². The minimum absolute atomic E-state index is 0.0210. The van der Waals surface area contributed by atoms with E-state index >= 15 is 0 Å². The number of carboxylic acid groups (broad SMARTS) is 1. The van der Waals surface area contributed by atoms with E-state index in [4.69, 9.17) is 5.11 Å². The van der Waals surface area contributed by atoms with Gasteiger partial charge in [-0.3, -0.25) is 9.59 Å². The summed E-state index contributed by atoms with van der Waals surface area (Å²) in [6.07, 6.45) is -1.32. The lowest BCUT2D eigenvalue weighted by molar-refractivity contribution is -0.126. The maximum absolute atomic E-state index is 13.3. The van der Waals surface area contributed by atoms with Crippen molar-refractivity contribution in [1.29, 1.82) is 0 Å². The fourth-order valence-corrected chi connectivity index (χ4v) is 2.16. The Morgan fingerprint density at radius 1 is 1.25 bits per heavy atom. The summed E-state index contributed by atoms with van der Waals surface area (Å²) >= 11 is 0. The van der Waals surface area contributed by atoms with Gasteiger partial charge in [-0.2, -0.15) is 0 Å². The number of rotatable bonds is 3. The molecule has 105 valence electrons. The van der Waals surface area contributed by atoms with Crippen LogP contribution in [-0.4, -0.2) is 35.0 Å². The highest BCUT2D eigenvalue weighted by Gasteiger charge is 2.31. The van der Waals surface area contributed by atoms with E-state index in [1.165, 1.54) is 24.3 Å². The van der Waals surface area contributed by atoms with Crippen molar-refractivity contribution in [1.82, 2.24) is 5.32 Å². The van der Waals surface area contributed by atoms with Crippen LogP contribution in [0.2, 0.25) is 0 Å². The summed E-state index contributed by atoms with van der Waals surface area (Å²) in [5, 5.41) is 12.8. The van der Waals surface area contributed by atoms with Gasteiger partial charge in [-0.05, 0) is 18.6 Å². The third kappa shape index (κ3) is 3.01. The van der Waals surface area contributed by atoms with Gasteiger partial charge in [0, 0.05) is 12.8 Å². The number of Topliss-reactive ketones (excluding diaryl/α,β-unsaturated/α-hetero) is 1. The smallest absolute Gasteiger partial charge is 0.336 e. The van der Waals surface area contributed by atoms with Crippen LogP contribution in [0.1, 0.15) is 40.0 Å². The molecule has 1 fully saturated rings. The minimum atomic E-state index is -1.58. The Labute approximate surface area is 114 Å². The lowest BCUT2D eigenvalue weighted by Gasteiger charge is -2.22. The summed E-state index contributed by atoms with van der Waals surface area (Å²) in [7, 11) is 0. The number of nitrogens with zero attached hydrogens (tertiary/aromatic N) is 1. The van der Waals surface area contributed by atoms with E-state index in [2.05, 4.69) is 5.32 Å². The van der Waals surface area contributed by atoms with Crippen molar-refractivity contribution in [2.24, 2.45) is 0 Å². The van der Waals surface area contributed by atoms with E-state index in [9.17, 15) is 18.8 Å². The predicted octanol–water partition coefficient (Wildman–Crippen LogP) is 1.59. The van der Waals surface area contributed by atoms with E-state index in [1.54, 1.807) is 0 Å². The molecule has 2 atom stereocenters. The molecule has 0 heterocycles. The number of hydrogen-bond acceptors (Lipinski definition) is 3. The number of halogens is 1. The fraction of sp³-hybridized carbons (Fsp3) is 0.357. The largest absolute Gasteiger partial charge is 0.478 e. The molecule has 1 aliphatic rings. The first-order valence-electron chi connectivity index (χ1n) is 6.23. The molecule has 2 rings (SSSR count). The first kappa shape index (κ1) is 14.2. The Hall–Kier alpha value is -2.24. The monoisotopic (exact) mass is 278 g/mol. The number of aromatic carboxylic acids is 1. The predicted molar refractivity (Wildman–Crippen MR) is 67.4 cm³/mol. The van der Waals surface area contributed by atoms with Gasteiger partial charge < -0.3 is 5.11 Å². The number of benzene rings is 1. The zero-order chi connectivity index (χ0) is 14.7. The number of ketones is 1. The molecule has 0 aliphatic heterocycles. The van der Waals surface area contributed by atoms with E-state index in [0.29, 0.717) is 6.42 Å². The van der Waals surface area contributed by atoms with Crippen molar-refractivity contribution >= 4 is 17.7 Å². The fourth-order valence-electron chi connectivity index (χ4n) is 2.16. The second-order valence-corrected chi connectivity index (χ2v) is 4.65. The molecule has 1 saturated carbocycles. The number of carbonyl (C=O) groups excluding carboxylic acids is 2. The third-order valence-corrected chi connectivity index (χ3v) is 3.24. The van der Waals surface area contributed by atoms with Crippen molar-refractivity contribution in [2.75, 3.05) is 0 Å². The normalized spacial score (nSPS) is 22.4. The standard InChI is InChI=1S/C14H13FNO4/c15-11-7-8(5-6-12(11)17)16-13(18)9-3-1-2-4-10(9)14(19)20/h1-4,8,11H,5-7H2,(H,19,20). The molecule has 6 heteroatoms. The second-order valence-electron chi connectivity index (χ2n) is 4.65. The van der Waals surface area contributed by atoms with Crippen LogP contribution in [0.4, 0.5) is 4.39 Å². The van der Waals surface area contributed by atoms with E-state index in [0.717, 1.165) is 0 Å². The molecule has 0 spiro atoms. The maximum Gasteiger partial charge on any atom is 0.336 e. The lowest BCUT2D eigenvalue weighted by atomic mass is 9.92. The third-order valence-electron chi connectivity index (χ3n) is 3.24. The molecular formula is C14H13FNO4. The molecule has 0 aromatic heterocycles. The Kier molecular flexibility index (Phi) is 4.12. The highest BCUT2D eigenvalue weighted by Crippen LogP contribution is 2.20. The SMILES string of the molecule is O=C(O)c1ccccc1C(=O)[N]C1CCC(=O)C(F)C1. The van der Waals surface area contributed by atoms with Crippen molar-refractivity contribution in [3.05, 3.63) is 35.4 Å². The highest BCUT2D eigenvalue weighted by atomic mass is 19.1. The van der Waals surface area contributed by atoms with Crippen LogP contribution in [0.5, 0.6) is 0 Å². The Bertz CT molecular complexity index is 558. The summed E-state index contributed by atoms with van der Waals surface area (Å²) in [4.78, 5) is 34.1. The quantitative estimate of drug-likeness (QED) is 0.909. The van der Waals surface area contributed by atoms with E-state index < -0.39 is 29.9 Å². The minimum Gasteiger partial charge on any atom is -0.478 e. The topological polar surface area (TPSA) is 85.5 Å². The van der Waals surface area contributed by atoms with Gasteiger partial charge in [-0.1, -0.05) is 12.1 Å². The van der Waals surface area contributed by atoms with Gasteiger partial charge in [0.2, 0.25) is 0 Å². The number of carboxylic acids is 1. The van der Waals surface area contributed by atoms with Crippen LogP contribution < -0.4 is 5.32 Å². The average molecular weight is 278 g/mol. The molecule has 1 amide bonds. The van der Waals surface area contributed by atoms with Crippen molar-refractivity contribution < 1.29 is 23.9 Å². The second kappa shape index (κ2) is 5.81. The Balaban J connectivity index is 2.09. The molecular weight excluding hydrogens is 265 g/mol. The van der Waals surface area contributed by atoms with Gasteiger partial charge in [-0.15, -0.1) is 0 Å². The summed E-state index contributed by atoms with van der Waals surface area (Å²) in [6, 6.07) is 5.16. The average Bonchev–Trinajstić information content (AvgIpc) is 2.43. The zero-order valence-corrected chi connectivity index (χ0v) is 10.6. The molecule has 20 heavy (non-hydrogen) atoms. The van der Waals surface area contributed by atoms with Gasteiger partial charge >= 0.3 is 5.97 Å². The molecule has 1 aromatic rings. The summed E-state index contributed by atoms with van der Waals surface area (Å²) in [6.45, 7) is 0. The molecule has 1 N–H and O–H groups in total. The molecule has 1 aromatic carbocycles. The van der Waals surface area contributed by atoms with Gasteiger partial charge in [0.1, 0.15) is 0 Å². The number of alkyl halides is 1.